The number of aliphatic hydroxyl groups excluding tert-OH is 2. The summed E-state index contributed by atoms with van der Waals surface area (Å²) in [6.45, 7) is 1.54. The van der Waals surface area contributed by atoms with Gasteiger partial charge in [0.15, 0.2) is 6.10 Å². The number of unbranched alkanes of at least 4 members (excludes halogenated alkanes) is 18. The Morgan fingerprint density at radius 1 is 0.645 bits per heavy atom. The number of esters is 2. The Bertz CT molecular complexity index is 403. The molecule has 0 radical (unpaired) electrons. The molecule has 180 valence electrons. The van der Waals surface area contributed by atoms with E-state index >= 15 is 0 Å². The van der Waals surface area contributed by atoms with Gasteiger partial charge in [-0.15, -0.1) is 0 Å². The maximum atomic E-state index is 11.4. The summed E-state index contributed by atoms with van der Waals surface area (Å²) in [5.74, 6) is -1.69. The third-order valence-corrected chi connectivity index (χ3v) is 5.64. The molecule has 0 aliphatic carbocycles. The van der Waals surface area contributed by atoms with E-state index in [0.29, 0.717) is 6.42 Å². The van der Waals surface area contributed by atoms with Gasteiger partial charge in [-0.3, -0.25) is 4.79 Å². The second kappa shape index (κ2) is 26.3. The Morgan fingerprint density at radius 3 is 1.29 bits per heavy atom. The molecule has 2 N–H and O–H groups in total. The normalized spacial score (nSPS) is 11.7. The first-order valence-electron chi connectivity index (χ1n) is 12.6. The number of hydrogen-bond donors (Lipinski definition) is 2. The molecule has 0 amide bonds. The quantitative estimate of drug-likeness (QED) is 0.0969. The van der Waals surface area contributed by atoms with Crippen LogP contribution in [0.25, 0.3) is 0 Å². The first-order valence-corrected chi connectivity index (χ1v) is 12.6. The first-order chi connectivity index (χ1) is 14.6. The number of aliphatic hydroxyl groups is 2. The van der Waals surface area contributed by atoms with Crippen molar-refractivity contribution in [2.24, 2.45) is 0 Å². The minimum atomic E-state index is -1.63. The van der Waals surface area contributed by atoms with Crippen LogP contribution in [0.1, 0.15) is 135 Å². The van der Waals surface area contributed by atoms with Gasteiger partial charge in [0.2, 0.25) is 0 Å². The predicted octanol–water partition coefficient (Wildman–Crippen LogP) is 5.58. The topological polar surface area (TPSA) is 83.8 Å². The minimum absolute atomic E-state index is 0. The van der Waals surface area contributed by atoms with E-state index in [-0.39, 0.29) is 36.0 Å². The summed E-state index contributed by atoms with van der Waals surface area (Å²) < 4.78 is 4.45. The van der Waals surface area contributed by atoms with E-state index in [1.165, 1.54) is 103 Å². The van der Waals surface area contributed by atoms with Crippen LogP contribution in [-0.4, -0.2) is 64.4 Å². The Kier molecular flexibility index (Phi) is 28.2. The number of carbonyl (C=O) groups excluding carboxylic acids is 2. The Morgan fingerprint density at radius 2 is 0.968 bits per heavy atom. The van der Waals surface area contributed by atoms with E-state index < -0.39 is 24.6 Å². The molecule has 0 aromatic heterocycles. The molecule has 0 spiro atoms. The van der Waals surface area contributed by atoms with E-state index in [0.717, 1.165) is 12.8 Å². The average Bonchev–Trinajstić information content (AvgIpc) is 2.74. The van der Waals surface area contributed by atoms with Gasteiger partial charge in [0.25, 0.3) is 0 Å². The van der Waals surface area contributed by atoms with Crippen LogP contribution in [0.15, 0.2) is 0 Å². The molecule has 0 fully saturated rings. The monoisotopic (exact) mass is 452 g/mol. The molecule has 0 saturated heterocycles. The molecule has 0 aliphatic heterocycles. The second-order valence-electron chi connectivity index (χ2n) is 8.61. The summed E-state index contributed by atoms with van der Waals surface area (Å²) in [6.07, 6.45) is 23.2. The van der Waals surface area contributed by atoms with Gasteiger partial charge in [0, 0.05) is 6.42 Å². The van der Waals surface area contributed by atoms with E-state index in [1.54, 1.807) is 0 Å². The van der Waals surface area contributed by atoms with Crippen molar-refractivity contribution in [1.29, 1.82) is 0 Å². The average molecular weight is 453 g/mol. The van der Waals surface area contributed by atoms with Crippen LogP contribution in [0.2, 0.25) is 0 Å². The summed E-state index contributed by atoms with van der Waals surface area (Å²) in [7, 11) is 0. The van der Waals surface area contributed by atoms with Crippen molar-refractivity contribution in [2.75, 3.05) is 6.61 Å². The molecule has 0 aromatic rings. The Labute approximate surface area is 213 Å². The van der Waals surface area contributed by atoms with Crippen LogP contribution in [0.5, 0.6) is 0 Å². The molecule has 0 aromatic carbocycles. The molecule has 0 aliphatic rings. The van der Waals surface area contributed by atoms with Crippen molar-refractivity contribution < 1.29 is 24.5 Å². The van der Waals surface area contributed by atoms with Crippen molar-refractivity contribution in [3.8, 4) is 0 Å². The molecule has 0 rings (SSSR count). The molecule has 0 saturated carbocycles. The summed E-state index contributed by atoms with van der Waals surface area (Å²) in [6, 6.07) is 0. The van der Waals surface area contributed by atoms with E-state index in [9.17, 15) is 9.59 Å². The zero-order chi connectivity index (χ0) is 22.3. The van der Waals surface area contributed by atoms with Crippen LogP contribution in [0.4, 0.5) is 0 Å². The fourth-order valence-electron chi connectivity index (χ4n) is 3.65. The maximum absolute atomic E-state index is 11.4. The molecule has 31 heavy (non-hydrogen) atoms. The third-order valence-electron chi connectivity index (χ3n) is 5.64. The number of ether oxygens (including phenoxy) is 1. The molecule has 6 heteroatoms. The molecule has 1 atom stereocenters. The van der Waals surface area contributed by atoms with Crippen molar-refractivity contribution in [3.05, 3.63) is 0 Å². The van der Waals surface area contributed by atoms with Gasteiger partial charge in [-0.25, -0.2) is 4.79 Å². The number of hydrogen-bond acceptors (Lipinski definition) is 5. The third kappa shape index (κ3) is 24.5. The number of rotatable bonds is 22. The summed E-state index contributed by atoms with van der Waals surface area (Å²) >= 11 is 0. The van der Waals surface area contributed by atoms with Gasteiger partial charge in [-0.1, -0.05) is 122 Å². The molecular formula is C25H49NaO5. The van der Waals surface area contributed by atoms with Crippen LogP contribution >= 0.6 is 0 Å². The van der Waals surface area contributed by atoms with E-state index in [1.807, 2.05) is 0 Å². The van der Waals surface area contributed by atoms with E-state index in [2.05, 4.69) is 11.7 Å². The van der Waals surface area contributed by atoms with Gasteiger partial charge < -0.3 is 14.9 Å². The van der Waals surface area contributed by atoms with Gasteiger partial charge in [-0.2, -0.15) is 0 Å². The van der Waals surface area contributed by atoms with Crippen molar-refractivity contribution >= 4 is 41.5 Å². The molecular weight excluding hydrogens is 403 g/mol. The van der Waals surface area contributed by atoms with Gasteiger partial charge in [-0.05, 0) is 6.42 Å². The Balaban J connectivity index is 0. The van der Waals surface area contributed by atoms with Crippen molar-refractivity contribution in [1.82, 2.24) is 0 Å². The fourth-order valence-corrected chi connectivity index (χ4v) is 3.65. The molecule has 1 unspecified atom stereocenters. The molecule has 0 heterocycles. The summed E-state index contributed by atoms with van der Waals surface area (Å²) in [4.78, 5) is 22.6. The zero-order valence-corrected chi connectivity index (χ0v) is 19.5. The van der Waals surface area contributed by atoms with Crippen molar-refractivity contribution in [2.45, 2.75) is 141 Å². The summed E-state index contributed by atoms with van der Waals surface area (Å²) in [5, 5.41) is 17.6. The Hall–Kier alpha value is 0.0600. The standard InChI is InChI=1S/C25H48O5.Na.H/c1-2-3-4-5-6-7-8-9-10-11-12-13-14-15-16-17-18-19-20-21-24(28)30-25(29)23(27)22-26;;/h23,26-27H,2-22H2,1H3;;. The summed E-state index contributed by atoms with van der Waals surface area (Å²) in [5.41, 5.74) is 0. The first kappa shape index (κ1) is 33.2. The molecule has 5 nitrogen and oxygen atoms in total. The fraction of sp³-hybridized carbons (Fsp3) is 0.920. The second-order valence-corrected chi connectivity index (χ2v) is 8.61. The predicted molar refractivity (Wildman–Crippen MR) is 129 cm³/mol. The zero-order valence-electron chi connectivity index (χ0n) is 19.5. The number of carbonyl (C=O) groups is 2. The van der Waals surface area contributed by atoms with Crippen LogP contribution < -0.4 is 0 Å². The van der Waals surface area contributed by atoms with Crippen LogP contribution in [-0.2, 0) is 14.3 Å². The van der Waals surface area contributed by atoms with Gasteiger partial charge in [0.1, 0.15) is 0 Å². The van der Waals surface area contributed by atoms with Gasteiger partial charge >= 0.3 is 41.5 Å². The molecule has 0 bridgehead atoms. The van der Waals surface area contributed by atoms with E-state index in [4.69, 9.17) is 10.2 Å². The van der Waals surface area contributed by atoms with Crippen molar-refractivity contribution in [3.63, 3.8) is 0 Å². The SMILES string of the molecule is CCCCCCCCCCCCCCCCCCCCCC(=O)OC(=O)C(O)CO.[NaH]. The van der Waals surface area contributed by atoms with Crippen LogP contribution in [0, 0.1) is 0 Å². The van der Waals surface area contributed by atoms with Crippen LogP contribution in [0.3, 0.4) is 0 Å². The van der Waals surface area contributed by atoms with Gasteiger partial charge in [0.05, 0.1) is 6.61 Å².